The van der Waals surface area contributed by atoms with Crippen LogP contribution in [-0.2, 0) is 21.9 Å². The second-order valence-corrected chi connectivity index (χ2v) is 1.49. The second-order valence-electron chi connectivity index (χ2n) is 1.13. The van der Waals surface area contributed by atoms with E-state index in [4.69, 9.17) is 10.8 Å². The predicted molar refractivity (Wildman–Crippen MR) is 29.5 cm³/mol. The molecule has 0 aromatic rings. The quantitative estimate of drug-likeness (QED) is 0.387. The Labute approximate surface area is 63.5 Å². The topological polar surface area (TPSA) is 63.3 Å². The van der Waals surface area contributed by atoms with E-state index in [1.165, 1.54) is 0 Å². The molecule has 0 heterocycles. The van der Waals surface area contributed by atoms with Crippen molar-refractivity contribution < 1.29 is 27.0 Å². The molecule has 0 aliphatic carbocycles. The van der Waals surface area contributed by atoms with Gasteiger partial charge < -0.3 is 10.8 Å². The molecule has 1 unspecified atom stereocenters. The minimum Gasteiger partial charge on any atom is -0.480 e. The molecule has 3 N–H and O–H groups in total. The number of rotatable bonds is 2. The maximum Gasteiger partial charge on any atom is 2.00 e. The number of carbonyl (C=O) groups is 1. The Bertz CT molecular complexity index is 79.7. The normalized spacial score (nSPS) is 11.8. The standard InChI is InChI=1S/C3H7NO2S.Fe/c4-2(1-7)3(5)6;/h2,7H,1,4H2,(H,5,6);/q;+2. The number of carboxylic acid groups (broad SMARTS) is 1. The van der Waals surface area contributed by atoms with Crippen molar-refractivity contribution in [1.29, 1.82) is 0 Å². The number of aliphatic carboxylic acids is 1. The van der Waals surface area contributed by atoms with E-state index in [1.54, 1.807) is 0 Å². The average molecular weight is 177 g/mol. The molecule has 0 rings (SSSR count). The van der Waals surface area contributed by atoms with Gasteiger partial charge in [0.05, 0.1) is 0 Å². The van der Waals surface area contributed by atoms with Crippen molar-refractivity contribution in [3.05, 3.63) is 0 Å². The molecule has 0 spiro atoms. The van der Waals surface area contributed by atoms with E-state index in [0.29, 0.717) is 0 Å². The zero-order valence-electron chi connectivity index (χ0n) is 4.02. The summed E-state index contributed by atoms with van der Waals surface area (Å²) in [4.78, 5) is 9.76. The largest absolute Gasteiger partial charge is 2.00 e. The molecule has 5 heteroatoms. The Morgan fingerprint density at radius 2 is 2.25 bits per heavy atom. The molecule has 1 atom stereocenters. The van der Waals surface area contributed by atoms with E-state index < -0.39 is 12.0 Å². The molecule has 0 saturated heterocycles. The Kier molecular flexibility index (Phi) is 7.57. The van der Waals surface area contributed by atoms with Crippen molar-refractivity contribution in [2.75, 3.05) is 5.75 Å². The first-order valence-corrected chi connectivity index (χ1v) is 2.41. The third-order valence-corrected chi connectivity index (χ3v) is 0.907. The van der Waals surface area contributed by atoms with Gasteiger partial charge in [-0.2, -0.15) is 12.6 Å². The van der Waals surface area contributed by atoms with Crippen LogP contribution in [0.5, 0.6) is 0 Å². The molecule has 0 saturated carbocycles. The SMILES string of the molecule is NC(CS)C(=O)O.[Fe+2]. The summed E-state index contributed by atoms with van der Waals surface area (Å²) in [5, 5.41) is 8.01. The van der Waals surface area contributed by atoms with Crippen LogP contribution < -0.4 is 5.73 Å². The monoisotopic (exact) mass is 177 g/mol. The minimum atomic E-state index is -1.00. The van der Waals surface area contributed by atoms with Gasteiger partial charge in [0.2, 0.25) is 0 Å². The summed E-state index contributed by atoms with van der Waals surface area (Å²) in [6.45, 7) is 0. The maximum absolute atomic E-state index is 9.76. The molecule has 8 heavy (non-hydrogen) atoms. The van der Waals surface area contributed by atoms with E-state index in [9.17, 15) is 4.79 Å². The Hall–Kier alpha value is 0.299. The van der Waals surface area contributed by atoms with Gasteiger partial charge in [-0.1, -0.05) is 0 Å². The molecule has 0 aliphatic heterocycles. The zero-order chi connectivity index (χ0) is 5.86. The van der Waals surface area contributed by atoms with Gasteiger partial charge in [0.15, 0.2) is 0 Å². The van der Waals surface area contributed by atoms with Crippen molar-refractivity contribution in [2.24, 2.45) is 5.73 Å². The Balaban J connectivity index is 0. The van der Waals surface area contributed by atoms with Crippen molar-refractivity contribution in [1.82, 2.24) is 0 Å². The molecule has 3 nitrogen and oxygen atoms in total. The molecule has 0 bridgehead atoms. The van der Waals surface area contributed by atoms with E-state index in [-0.39, 0.29) is 22.8 Å². The number of hydrogen-bond acceptors (Lipinski definition) is 3. The number of thiol groups is 1. The van der Waals surface area contributed by atoms with Crippen molar-refractivity contribution >= 4 is 18.6 Å². The van der Waals surface area contributed by atoms with Gasteiger partial charge in [-0.15, -0.1) is 0 Å². The molecule has 0 aromatic carbocycles. The van der Waals surface area contributed by atoms with Crippen LogP contribution in [0.2, 0.25) is 0 Å². The van der Waals surface area contributed by atoms with Gasteiger partial charge in [0, 0.05) is 5.75 Å². The first kappa shape index (κ1) is 11.1. The van der Waals surface area contributed by atoms with Crippen molar-refractivity contribution in [3.63, 3.8) is 0 Å². The van der Waals surface area contributed by atoms with Crippen molar-refractivity contribution in [3.8, 4) is 0 Å². The molecule has 48 valence electrons. The van der Waals surface area contributed by atoms with Gasteiger partial charge in [-0.25, -0.2) is 0 Å². The number of nitrogens with two attached hydrogens (primary N) is 1. The van der Waals surface area contributed by atoms with Crippen LogP contribution in [0.4, 0.5) is 0 Å². The van der Waals surface area contributed by atoms with E-state index in [2.05, 4.69) is 12.6 Å². The molecule has 0 aliphatic rings. The fraction of sp³-hybridized carbons (Fsp3) is 0.667. The first-order valence-electron chi connectivity index (χ1n) is 1.77. The predicted octanol–water partition coefficient (Wildman–Crippen LogP) is -0.674. The van der Waals surface area contributed by atoms with E-state index >= 15 is 0 Å². The summed E-state index contributed by atoms with van der Waals surface area (Å²) in [6.07, 6.45) is 0. The van der Waals surface area contributed by atoms with E-state index in [1.807, 2.05) is 0 Å². The summed E-state index contributed by atoms with van der Waals surface area (Å²) in [6, 6.07) is -0.816. The van der Waals surface area contributed by atoms with Gasteiger partial charge in [-0.3, -0.25) is 4.79 Å². The summed E-state index contributed by atoms with van der Waals surface area (Å²) in [5.41, 5.74) is 4.94. The molecule has 0 amide bonds. The number of hydrogen-bond donors (Lipinski definition) is 3. The van der Waals surface area contributed by atoms with Gasteiger partial charge in [0.25, 0.3) is 0 Å². The number of carboxylic acids is 1. The van der Waals surface area contributed by atoms with Crippen LogP contribution in [0, 0.1) is 0 Å². The van der Waals surface area contributed by atoms with Gasteiger partial charge in [-0.05, 0) is 0 Å². The van der Waals surface area contributed by atoms with Crippen molar-refractivity contribution in [2.45, 2.75) is 6.04 Å². The van der Waals surface area contributed by atoms with E-state index in [0.717, 1.165) is 0 Å². The Morgan fingerprint density at radius 1 is 1.88 bits per heavy atom. The summed E-state index contributed by atoms with van der Waals surface area (Å²) >= 11 is 3.65. The van der Waals surface area contributed by atoms with Crippen LogP contribution in [0.15, 0.2) is 0 Å². The van der Waals surface area contributed by atoms with Crippen LogP contribution in [0.3, 0.4) is 0 Å². The Morgan fingerprint density at radius 3 is 2.25 bits per heavy atom. The summed E-state index contributed by atoms with van der Waals surface area (Å²) < 4.78 is 0. The summed E-state index contributed by atoms with van der Waals surface area (Å²) in [7, 11) is 0. The molecule has 0 fully saturated rings. The fourth-order valence-corrected chi connectivity index (χ4v) is 0.234. The molecular weight excluding hydrogens is 170 g/mol. The van der Waals surface area contributed by atoms with Crippen LogP contribution >= 0.6 is 12.6 Å². The molecular formula is C3H7FeNO2S+2. The summed E-state index contributed by atoms with van der Waals surface area (Å²) in [5.74, 6) is -0.815. The first-order chi connectivity index (χ1) is 3.18. The van der Waals surface area contributed by atoms with Gasteiger partial charge in [0.1, 0.15) is 6.04 Å². The third-order valence-electron chi connectivity index (χ3n) is 0.514. The smallest absolute Gasteiger partial charge is 0.480 e. The zero-order valence-corrected chi connectivity index (χ0v) is 6.02. The maximum atomic E-state index is 9.76. The average Bonchev–Trinajstić information content (AvgIpc) is 1.65. The van der Waals surface area contributed by atoms with Crippen LogP contribution in [0.25, 0.3) is 0 Å². The fourth-order valence-electron chi connectivity index (χ4n) is 0.0781. The van der Waals surface area contributed by atoms with Gasteiger partial charge >= 0.3 is 23.0 Å². The molecule has 0 radical (unpaired) electrons. The molecule has 0 aromatic heterocycles. The third kappa shape index (κ3) is 4.46. The van der Waals surface area contributed by atoms with Crippen LogP contribution in [0.1, 0.15) is 0 Å². The minimum absolute atomic E-state index is 0. The van der Waals surface area contributed by atoms with Crippen LogP contribution in [-0.4, -0.2) is 22.9 Å². The second kappa shape index (κ2) is 5.44.